The molecule has 0 amide bonds. The van der Waals surface area contributed by atoms with Crippen molar-refractivity contribution in [2.45, 2.75) is 43.2 Å². The van der Waals surface area contributed by atoms with Gasteiger partial charge in [0, 0.05) is 25.7 Å². The Morgan fingerprint density at radius 3 is 2.43 bits per heavy atom. The Hall–Kier alpha value is -0.280. The summed E-state index contributed by atoms with van der Waals surface area (Å²) in [4.78, 5) is 4.61. The number of aliphatic hydroxyl groups excluding tert-OH is 2. The highest BCUT2D eigenvalue weighted by Gasteiger charge is 2.46. The van der Waals surface area contributed by atoms with E-state index in [1.165, 1.54) is 0 Å². The molecule has 134 valence electrons. The molecule has 0 bridgehead atoms. The maximum absolute atomic E-state index is 10.5. The average Bonchev–Trinajstić information content (AvgIpc) is 2.91. The zero-order chi connectivity index (χ0) is 16.2. The van der Waals surface area contributed by atoms with E-state index in [-0.39, 0.29) is 18.8 Å². The van der Waals surface area contributed by atoms with Crippen LogP contribution in [0.5, 0.6) is 0 Å². The molecule has 3 N–H and O–H groups in total. The summed E-state index contributed by atoms with van der Waals surface area (Å²) >= 11 is 0. The van der Waals surface area contributed by atoms with Crippen molar-refractivity contribution in [1.29, 1.82) is 0 Å². The molecule has 3 fully saturated rings. The van der Waals surface area contributed by atoms with Crippen LogP contribution in [-0.2, 0) is 9.47 Å². The molecule has 7 nitrogen and oxygen atoms in total. The second-order valence-corrected chi connectivity index (χ2v) is 7.01. The molecule has 23 heavy (non-hydrogen) atoms. The largest absolute Gasteiger partial charge is 0.394 e. The standard InChI is InChI=1S/C16H31N3O4/c1-18-4-2-12(3-5-18)17-10-13-15(16(21)14(11-20)23-13)19-6-8-22-9-7-19/h12-17,20-21H,2-11H2,1H3/t13-,14+,15+,16-/m1/s1. The Labute approximate surface area is 138 Å². The van der Waals surface area contributed by atoms with E-state index in [2.05, 4.69) is 22.2 Å². The first-order chi connectivity index (χ1) is 11.2. The van der Waals surface area contributed by atoms with Crippen molar-refractivity contribution in [3.05, 3.63) is 0 Å². The molecule has 0 unspecified atom stereocenters. The van der Waals surface area contributed by atoms with E-state index in [0.29, 0.717) is 19.3 Å². The molecule has 0 aromatic heterocycles. The first-order valence-electron chi connectivity index (χ1n) is 8.87. The van der Waals surface area contributed by atoms with Crippen LogP contribution in [0.3, 0.4) is 0 Å². The lowest BCUT2D eigenvalue weighted by Gasteiger charge is -2.37. The summed E-state index contributed by atoms with van der Waals surface area (Å²) in [7, 11) is 2.16. The van der Waals surface area contributed by atoms with E-state index in [1.54, 1.807) is 0 Å². The maximum Gasteiger partial charge on any atom is 0.109 e. The minimum atomic E-state index is -0.637. The number of hydrogen-bond donors (Lipinski definition) is 3. The van der Waals surface area contributed by atoms with Crippen molar-refractivity contribution >= 4 is 0 Å². The summed E-state index contributed by atoms with van der Waals surface area (Å²) in [5, 5.41) is 23.6. The minimum Gasteiger partial charge on any atom is -0.394 e. The maximum atomic E-state index is 10.5. The lowest BCUT2D eigenvalue weighted by atomic mass is 10.0. The van der Waals surface area contributed by atoms with Gasteiger partial charge in [-0.15, -0.1) is 0 Å². The fourth-order valence-electron chi connectivity index (χ4n) is 3.97. The van der Waals surface area contributed by atoms with Crippen LogP contribution < -0.4 is 5.32 Å². The molecule has 0 aromatic rings. The van der Waals surface area contributed by atoms with Crippen LogP contribution in [0, 0.1) is 0 Å². The normalized spacial score (nSPS) is 38.2. The summed E-state index contributed by atoms with van der Waals surface area (Å²) in [5.74, 6) is 0. The Balaban J connectivity index is 1.56. The number of aliphatic hydroxyl groups is 2. The van der Waals surface area contributed by atoms with E-state index in [4.69, 9.17) is 9.47 Å². The summed E-state index contributed by atoms with van der Waals surface area (Å²) in [6, 6.07) is 0.459. The third-order valence-electron chi connectivity index (χ3n) is 5.43. The van der Waals surface area contributed by atoms with Crippen LogP contribution in [0.2, 0.25) is 0 Å². The van der Waals surface area contributed by atoms with Gasteiger partial charge in [0.2, 0.25) is 0 Å². The van der Waals surface area contributed by atoms with Crippen LogP contribution in [0.1, 0.15) is 12.8 Å². The number of morpholine rings is 1. The molecular weight excluding hydrogens is 298 g/mol. The molecule has 7 heteroatoms. The van der Waals surface area contributed by atoms with E-state index >= 15 is 0 Å². The number of nitrogens with zero attached hydrogens (tertiary/aromatic N) is 2. The van der Waals surface area contributed by atoms with Crippen LogP contribution in [0.4, 0.5) is 0 Å². The quantitative estimate of drug-likeness (QED) is 0.566. The Morgan fingerprint density at radius 1 is 1.09 bits per heavy atom. The number of piperidine rings is 1. The van der Waals surface area contributed by atoms with Gasteiger partial charge < -0.3 is 29.9 Å². The van der Waals surface area contributed by atoms with Gasteiger partial charge in [-0.2, -0.15) is 0 Å². The van der Waals surface area contributed by atoms with Gasteiger partial charge in [-0.3, -0.25) is 4.90 Å². The fourth-order valence-corrected chi connectivity index (χ4v) is 3.97. The SMILES string of the molecule is CN1CCC(NC[C@H]2O[C@@H](CO)[C@@H](O)[C@H]2N2CCOCC2)CC1. The number of rotatable bonds is 5. The van der Waals surface area contributed by atoms with Crippen LogP contribution in [0.25, 0.3) is 0 Å². The number of nitrogens with one attached hydrogen (secondary N) is 1. The second kappa shape index (κ2) is 8.20. The molecule has 0 spiro atoms. The second-order valence-electron chi connectivity index (χ2n) is 7.01. The van der Waals surface area contributed by atoms with Crippen molar-refractivity contribution in [1.82, 2.24) is 15.1 Å². The van der Waals surface area contributed by atoms with Crippen LogP contribution in [-0.4, -0.2) is 110 Å². The molecule has 0 aliphatic carbocycles. The molecule has 0 radical (unpaired) electrons. The molecule has 3 saturated heterocycles. The van der Waals surface area contributed by atoms with Gasteiger partial charge in [0.25, 0.3) is 0 Å². The van der Waals surface area contributed by atoms with Gasteiger partial charge in [0.05, 0.1) is 32.0 Å². The van der Waals surface area contributed by atoms with Crippen molar-refractivity contribution in [2.24, 2.45) is 0 Å². The predicted molar refractivity (Wildman–Crippen MR) is 86.5 cm³/mol. The molecule has 0 saturated carbocycles. The summed E-state index contributed by atoms with van der Waals surface area (Å²) in [5.41, 5.74) is 0. The lowest BCUT2D eigenvalue weighted by Crippen LogP contribution is -2.55. The summed E-state index contributed by atoms with van der Waals surface area (Å²) < 4.78 is 11.4. The van der Waals surface area contributed by atoms with Crippen molar-refractivity contribution in [2.75, 3.05) is 59.6 Å². The lowest BCUT2D eigenvalue weighted by molar-refractivity contribution is -0.0238. The zero-order valence-corrected chi connectivity index (χ0v) is 14.1. The molecule has 3 heterocycles. The fraction of sp³-hybridized carbons (Fsp3) is 1.00. The van der Waals surface area contributed by atoms with Crippen molar-refractivity contribution in [3.8, 4) is 0 Å². The van der Waals surface area contributed by atoms with Gasteiger partial charge >= 0.3 is 0 Å². The third kappa shape index (κ3) is 4.22. The Kier molecular flexibility index (Phi) is 6.25. The Morgan fingerprint density at radius 2 is 1.78 bits per heavy atom. The van der Waals surface area contributed by atoms with Gasteiger partial charge in [0.15, 0.2) is 0 Å². The Bertz CT molecular complexity index is 359. The highest BCUT2D eigenvalue weighted by molar-refractivity contribution is 4.98. The van der Waals surface area contributed by atoms with Crippen LogP contribution >= 0.6 is 0 Å². The molecule has 3 aliphatic rings. The van der Waals surface area contributed by atoms with E-state index in [9.17, 15) is 10.2 Å². The van der Waals surface area contributed by atoms with Crippen molar-refractivity contribution < 1.29 is 19.7 Å². The average molecular weight is 329 g/mol. The number of ether oxygens (including phenoxy) is 2. The smallest absolute Gasteiger partial charge is 0.109 e. The van der Waals surface area contributed by atoms with E-state index in [0.717, 1.165) is 45.6 Å². The monoisotopic (exact) mass is 329 g/mol. The number of hydrogen-bond acceptors (Lipinski definition) is 7. The van der Waals surface area contributed by atoms with Crippen molar-refractivity contribution in [3.63, 3.8) is 0 Å². The van der Waals surface area contributed by atoms with E-state index < -0.39 is 12.2 Å². The third-order valence-corrected chi connectivity index (χ3v) is 5.43. The van der Waals surface area contributed by atoms with Gasteiger partial charge in [-0.25, -0.2) is 0 Å². The highest BCUT2D eigenvalue weighted by Crippen LogP contribution is 2.26. The summed E-state index contributed by atoms with van der Waals surface area (Å²) in [6.45, 7) is 5.86. The van der Waals surface area contributed by atoms with Gasteiger partial charge in [-0.1, -0.05) is 0 Å². The van der Waals surface area contributed by atoms with Gasteiger partial charge in [0.1, 0.15) is 12.2 Å². The highest BCUT2D eigenvalue weighted by atomic mass is 16.5. The number of likely N-dealkylation sites (tertiary alicyclic amines) is 1. The molecule has 4 atom stereocenters. The zero-order valence-electron chi connectivity index (χ0n) is 14.1. The first-order valence-corrected chi connectivity index (χ1v) is 8.87. The molecule has 3 aliphatic heterocycles. The van der Waals surface area contributed by atoms with Crippen LogP contribution in [0.15, 0.2) is 0 Å². The van der Waals surface area contributed by atoms with E-state index in [1.807, 2.05) is 0 Å². The van der Waals surface area contributed by atoms with Gasteiger partial charge in [-0.05, 0) is 33.0 Å². The molecular formula is C16H31N3O4. The molecule has 3 rings (SSSR count). The first kappa shape index (κ1) is 17.5. The molecule has 0 aromatic carbocycles. The predicted octanol–water partition coefficient (Wildman–Crippen LogP) is -1.51. The summed E-state index contributed by atoms with van der Waals surface area (Å²) in [6.07, 6.45) is 1.10. The minimum absolute atomic E-state index is 0.0604. The topological polar surface area (TPSA) is 77.4 Å².